The van der Waals surface area contributed by atoms with Crippen LogP contribution in [0.4, 0.5) is 0 Å². The summed E-state index contributed by atoms with van der Waals surface area (Å²) in [4.78, 5) is 16.3. The Morgan fingerprint density at radius 2 is 2.22 bits per heavy atom. The van der Waals surface area contributed by atoms with Gasteiger partial charge in [-0.3, -0.25) is 4.79 Å². The quantitative estimate of drug-likeness (QED) is 0.415. The van der Waals surface area contributed by atoms with Gasteiger partial charge in [0, 0.05) is 12.3 Å². The highest BCUT2D eigenvalue weighted by atomic mass is 16.6. The molecular formula is C14H23NO3. The minimum absolute atomic E-state index is 0.136. The van der Waals surface area contributed by atoms with E-state index >= 15 is 0 Å². The van der Waals surface area contributed by atoms with Crippen LogP contribution in [0, 0.1) is 11.8 Å². The molecule has 0 aromatic rings. The van der Waals surface area contributed by atoms with Crippen molar-refractivity contribution in [3.8, 4) is 0 Å². The first kappa shape index (κ1) is 14.7. The van der Waals surface area contributed by atoms with Gasteiger partial charge in [-0.2, -0.15) is 0 Å². The first-order valence-electron chi connectivity index (χ1n) is 6.54. The maximum absolute atomic E-state index is 11.4. The van der Waals surface area contributed by atoms with Crippen LogP contribution in [-0.2, 0) is 14.4 Å². The second-order valence-corrected chi connectivity index (χ2v) is 4.57. The second-order valence-electron chi connectivity index (χ2n) is 4.57. The van der Waals surface area contributed by atoms with Crippen LogP contribution in [0.3, 0.4) is 0 Å². The van der Waals surface area contributed by atoms with E-state index in [1.54, 1.807) is 7.11 Å². The van der Waals surface area contributed by atoms with Gasteiger partial charge in [0.2, 0.25) is 0 Å². The number of ether oxygens (including phenoxy) is 1. The number of methoxy groups -OCH3 is 1. The van der Waals surface area contributed by atoms with E-state index in [0.29, 0.717) is 18.3 Å². The summed E-state index contributed by atoms with van der Waals surface area (Å²) >= 11 is 0. The summed E-state index contributed by atoms with van der Waals surface area (Å²) in [5.41, 5.74) is 1.08. The molecule has 1 fully saturated rings. The topological polar surface area (TPSA) is 47.9 Å². The number of hydrogen-bond acceptors (Lipinski definition) is 4. The number of allylic oxidation sites excluding steroid dienone is 2. The Kier molecular flexibility index (Phi) is 6.47. The molecule has 0 aromatic carbocycles. The number of hydrogen-bond donors (Lipinski definition) is 0. The van der Waals surface area contributed by atoms with Crippen LogP contribution in [0.15, 0.2) is 17.3 Å². The van der Waals surface area contributed by atoms with E-state index in [1.807, 2.05) is 0 Å². The van der Waals surface area contributed by atoms with Crippen molar-refractivity contribution < 1.29 is 14.4 Å². The first-order valence-corrected chi connectivity index (χ1v) is 6.54. The minimum atomic E-state index is -0.136. The van der Waals surface area contributed by atoms with E-state index in [2.05, 4.69) is 24.2 Å². The van der Waals surface area contributed by atoms with Gasteiger partial charge in [0.15, 0.2) is 0 Å². The van der Waals surface area contributed by atoms with E-state index in [-0.39, 0.29) is 5.97 Å². The molecule has 18 heavy (non-hydrogen) atoms. The van der Waals surface area contributed by atoms with E-state index in [1.165, 1.54) is 7.11 Å². The normalized spacial score (nSPS) is 25.8. The monoisotopic (exact) mass is 253 g/mol. The predicted molar refractivity (Wildman–Crippen MR) is 71.3 cm³/mol. The van der Waals surface area contributed by atoms with Crippen molar-refractivity contribution in [2.24, 2.45) is 17.0 Å². The zero-order chi connectivity index (χ0) is 13.4. The lowest BCUT2D eigenvalue weighted by atomic mass is 9.89. The smallest absolute Gasteiger partial charge is 0.305 e. The highest BCUT2D eigenvalue weighted by Gasteiger charge is 2.34. The van der Waals surface area contributed by atoms with Crippen LogP contribution in [0.5, 0.6) is 0 Å². The molecule has 2 unspecified atom stereocenters. The third-order valence-corrected chi connectivity index (χ3v) is 3.43. The standard InChI is InChI=1S/C14H23NO3/c1-4-5-6-7-12-11(10-14(16)17-2)8-9-13(12)15-18-3/h5-6,11-12H,4,7-10H2,1-3H3/b6-5-,15-13-. The van der Waals surface area contributed by atoms with Gasteiger partial charge in [0.05, 0.1) is 12.8 Å². The fourth-order valence-corrected chi connectivity index (χ4v) is 2.50. The molecule has 0 N–H and O–H groups in total. The Morgan fingerprint density at radius 1 is 1.44 bits per heavy atom. The molecule has 1 rings (SSSR count). The predicted octanol–water partition coefficient (Wildman–Crippen LogP) is 2.93. The molecule has 0 bridgehead atoms. The summed E-state index contributed by atoms with van der Waals surface area (Å²) in [5, 5.41) is 4.10. The van der Waals surface area contributed by atoms with Gasteiger partial charge in [-0.15, -0.1) is 0 Å². The Morgan fingerprint density at radius 3 is 2.83 bits per heavy atom. The largest absolute Gasteiger partial charge is 0.469 e. The zero-order valence-electron chi connectivity index (χ0n) is 11.5. The lowest BCUT2D eigenvalue weighted by Crippen LogP contribution is -2.18. The maximum atomic E-state index is 11.4. The van der Waals surface area contributed by atoms with Crippen LogP contribution in [-0.4, -0.2) is 25.9 Å². The highest BCUT2D eigenvalue weighted by molar-refractivity contribution is 5.89. The molecule has 0 spiro atoms. The molecule has 1 aliphatic rings. The lowest BCUT2D eigenvalue weighted by molar-refractivity contribution is -0.141. The first-order chi connectivity index (χ1) is 8.72. The van der Waals surface area contributed by atoms with Crippen LogP contribution < -0.4 is 0 Å². The van der Waals surface area contributed by atoms with Crippen LogP contribution in [0.1, 0.15) is 39.0 Å². The molecule has 0 aliphatic heterocycles. The SMILES string of the molecule is CC/C=C\CC1/C(=N\OC)CCC1CC(=O)OC. The molecule has 2 atom stereocenters. The maximum Gasteiger partial charge on any atom is 0.305 e. The van der Waals surface area contributed by atoms with Gasteiger partial charge in [0.25, 0.3) is 0 Å². The molecular weight excluding hydrogens is 230 g/mol. The molecule has 4 heteroatoms. The van der Waals surface area contributed by atoms with Gasteiger partial charge >= 0.3 is 5.97 Å². The van der Waals surface area contributed by atoms with E-state index in [9.17, 15) is 4.79 Å². The number of carbonyl (C=O) groups is 1. The molecule has 0 saturated heterocycles. The number of esters is 1. The highest BCUT2D eigenvalue weighted by Crippen LogP contribution is 2.35. The summed E-state index contributed by atoms with van der Waals surface area (Å²) in [5.74, 6) is 0.503. The van der Waals surface area contributed by atoms with Crippen molar-refractivity contribution in [1.29, 1.82) is 0 Å². The van der Waals surface area contributed by atoms with Gasteiger partial charge in [-0.05, 0) is 31.6 Å². The fourth-order valence-electron chi connectivity index (χ4n) is 2.50. The molecule has 4 nitrogen and oxygen atoms in total. The third-order valence-electron chi connectivity index (χ3n) is 3.43. The number of nitrogens with zero attached hydrogens (tertiary/aromatic N) is 1. The molecule has 0 aromatic heterocycles. The van der Waals surface area contributed by atoms with Crippen molar-refractivity contribution >= 4 is 11.7 Å². The van der Waals surface area contributed by atoms with E-state index in [4.69, 9.17) is 9.57 Å². The van der Waals surface area contributed by atoms with Gasteiger partial charge in [-0.25, -0.2) is 0 Å². The summed E-state index contributed by atoms with van der Waals surface area (Å²) in [6, 6.07) is 0. The van der Waals surface area contributed by atoms with Crippen molar-refractivity contribution in [3.63, 3.8) is 0 Å². The molecule has 102 valence electrons. The number of carbonyl (C=O) groups excluding carboxylic acids is 1. The van der Waals surface area contributed by atoms with Crippen molar-refractivity contribution in [2.45, 2.75) is 39.0 Å². The van der Waals surface area contributed by atoms with E-state index < -0.39 is 0 Å². The minimum Gasteiger partial charge on any atom is -0.469 e. The Bertz CT molecular complexity index is 323. The van der Waals surface area contributed by atoms with Crippen LogP contribution >= 0.6 is 0 Å². The summed E-state index contributed by atoms with van der Waals surface area (Å²) in [6.07, 6.45) is 8.66. The molecule has 0 radical (unpaired) electrons. The second kappa shape index (κ2) is 7.90. The molecule has 0 amide bonds. The van der Waals surface area contributed by atoms with Crippen molar-refractivity contribution in [1.82, 2.24) is 0 Å². The third kappa shape index (κ3) is 4.17. The lowest BCUT2D eigenvalue weighted by Gasteiger charge is -2.17. The Labute approximate surface area is 109 Å². The zero-order valence-corrected chi connectivity index (χ0v) is 11.5. The van der Waals surface area contributed by atoms with Gasteiger partial charge in [-0.1, -0.05) is 24.2 Å². The van der Waals surface area contributed by atoms with Crippen LogP contribution in [0.25, 0.3) is 0 Å². The summed E-state index contributed by atoms with van der Waals surface area (Å²) in [7, 11) is 3.01. The molecule has 1 saturated carbocycles. The molecule has 1 aliphatic carbocycles. The molecule has 0 heterocycles. The number of rotatable bonds is 6. The fraction of sp³-hybridized carbons (Fsp3) is 0.714. The van der Waals surface area contributed by atoms with Crippen molar-refractivity contribution in [3.05, 3.63) is 12.2 Å². The number of oxime groups is 1. The van der Waals surface area contributed by atoms with Gasteiger partial charge in [0.1, 0.15) is 7.11 Å². The summed E-state index contributed by atoms with van der Waals surface area (Å²) in [6.45, 7) is 2.11. The Hall–Kier alpha value is -1.32. The average Bonchev–Trinajstić information content (AvgIpc) is 2.73. The van der Waals surface area contributed by atoms with Gasteiger partial charge < -0.3 is 9.57 Å². The van der Waals surface area contributed by atoms with Crippen molar-refractivity contribution in [2.75, 3.05) is 14.2 Å². The summed E-state index contributed by atoms with van der Waals surface area (Å²) < 4.78 is 4.75. The van der Waals surface area contributed by atoms with E-state index in [0.717, 1.165) is 31.4 Å². The average molecular weight is 253 g/mol. The Balaban J connectivity index is 2.67. The van der Waals surface area contributed by atoms with Crippen LogP contribution in [0.2, 0.25) is 0 Å².